The molecule has 3 atom stereocenters. The second-order valence-electron chi connectivity index (χ2n) is 4.56. The third kappa shape index (κ3) is 1.92. The molecule has 0 amide bonds. The molecule has 94 valence electrons. The second kappa shape index (κ2) is 3.80. The molecule has 0 unspecified atom stereocenters. The summed E-state index contributed by atoms with van der Waals surface area (Å²) in [5, 5.41) is 19.6. The lowest BCUT2D eigenvalue weighted by atomic mass is 10.0. The van der Waals surface area contributed by atoms with E-state index in [2.05, 4.69) is 4.98 Å². The third-order valence-electron chi connectivity index (χ3n) is 2.88. The fourth-order valence-electron chi connectivity index (χ4n) is 1.87. The highest BCUT2D eigenvalue weighted by Gasteiger charge is 2.49. The Labute approximate surface area is 96.3 Å². The van der Waals surface area contributed by atoms with E-state index in [0.717, 1.165) is 10.6 Å². The van der Waals surface area contributed by atoms with Crippen LogP contribution in [-0.2, 0) is 4.74 Å². The summed E-state index contributed by atoms with van der Waals surface area (Å²) in [5.74, 6) is 0. The number of aliphatic hydroxyl groups is 2. The molecule has 0 saturated carbocycles. The molecule has 1 aromatic heterocycles. The van der Waals surface area contributed by atoms with Gasteiger partial charge in [0.25, 0.3) is 5.56 Å². The van der Waals surface area contributed by atoms with Crippen LogP contribution in [-0.4, -0.2) is 37.6 Å². The minimum absolute atomic E-state index is 0.529. The number of rotatable bonds is 1. The number of aliphatic hydroxyl groups excluding tert-OH is 2. The van der Waals surface area contributed by atoms with Crippen molar-refractivity contribution in [3.63, 3.8) is 0 Å². The standard InChI is InChI=1S/C10H14N2O5/c1-10(2)7(15)6(14)8(17-10)12-4-3-5(13)11-9(12)16/h3-4,6-8,14-15H,1-2H3,(H,11,13,16)/t6-,7+,8-/m1/s1. The van der Waals surface area contributed by atoms with Crippen molar-refractivity contribution in [2.24, 2.45) is 0 Å². The van der Waals surface area contributed by atoms with Crippen LogP contribution in [0.5, 0.6) is 0 Å². The first-order chi connectivity index (χ1) is 7.83. The predicted octanol–water partition coefficient (Wildman–Crippen LogP) is -1.43. The van der Waals surface area contributed by atoms with Crippen molar-refractivity contribution >= 4 is 0 Å². The molecule has 2 rings (SSSR count). The van der Waals surface area contributed by atoms with Crippen molar-refractivity contribution in [3.8, 4) is 0 Å². The minimum atomic E-state index is -1.23. The summed E-state index contributed by atoms with van der Waals surface area (Å²) in [7, 11) is 0. The van der Waals surface area contributed by atoms with E-state index in [1.165, 1.54) is 6.20 Å². The van der Waals surface area contributed by atoms with E-state index in [4.69, 9.17) is 4.74 Å². The minimum Gasteiger partial charge on any atom is -0.387 e. The molecule has 17 heavy (non-hydrogen) atoms. The van der Waals surface area contributed by atoms with Gasteiger partial charge in [0.2, 0.25) is 0 Å². The number of hydrogen-bond donors (Lipinski definition) is 3. The molecular weight excluding hydrogens is 228 g/mol. The molecule has 0 spiro atoms. The van der Waals surface area contributed by atoms with E-state index >= 15 is 0 Å². The van der Waals surface area contributed by atoms with Crippen molar-refractivity contribution in [1.29, 1.82) is 0 Å². The maximum atomic E-state index is 11.5. The van der Waals surface area contributed by atoms with Crippen LogP contribution in [0, 0.1) is 0 Å². The summed E-state index contributed by atoms with van der Waals surface area (Å²) >= 11 is 0. The number of aromatic nitrogens is 2. The van der Waals surface area contributed by atoms with Crippen LogP contribution in [0.25, 0.3) is 0 Å². The smallest absolute Gasteiger partial charge is 0.330 e. The number of nitrogens with one attached hydrogen (secondary N) is 1. The normalized spacial score (nSPS) is 31.6. The zero-order chi connectivity index (χ0) is 12.8. The third-order valence-corrected chi connectivity index (χ3v) is 2.88. The summed E-state index contributed by atoms with van der Waals surface area (Å²) in [6.07, 6.45) is -2.12. The van der Waals surface area contributed by atoms with E-state index in [0.29, 0.717) is 0 Å². The first-order valence-corrected chi connectivity index (χ1v) is 5.18. The molecule has 1 aromatic rings. The van der Waals surface area contributed by atoms with Gasteiger partial charge in [0.05, 0.1) is 5.60 Å². The first kappa shape index (κ1) is 12.0. The van der Waals surface area contributed by atoms with Gasteiger partial charge in [-0.25, -0.2) is 4.79 Å². The Bertz CT molecular complexity index is 532. The number of ether oxygens (including phenoxy) is 1. The van der Waals surface area contributed by atoms with Crippen LogP contribution in [0.15, 0.2) is 21.9 Å². The molecule has 7 heteroatoms. The topological polar surface area (TPSA) is 105 Å². The number of aromatic amines is 1. The zero-order valence-corrected chi connectivity index (χ0v) is 9.45. The Morgan fingerprint density at radius 1 is 1.41 bits per heavy atom. The molecule has 1 aliphatic heterocycles. The summed E-state index contributed by atoms with van der Waals surface area (Å²) in [5.41, 5.74) is -2.18. The van der Waals surface area contributed by atoms with Gasteiger partial charge in [0.1, 0.15) is 12.2 Å². The summed E-state index contributed by atoms with van der Waals surface area (Å²) in [6, 6.07) is 1.15. The lowest BCUT2D eigenvalue weighted by Gasteiger charge is -2.21. The zero-order valence-electron chi connectivity index (χ0n) is 9.45. The molecular formula is C10H14N2O5. The van der Waals surface area contributed by atoms with E-state index in [1.807, 2.05) is 0 Å². The van der Waals surface area contributed by atoms with Crippen molar-refractivity contribution < 1.29 is 14.9 Å². The fraction of sp³-hybridized carbons (Fsp3) is 0.600. The largest absolute Gasteiger partial charge is 0.387 e. The summed E-state index contributed by atoms with van der Waals surface area (Å²) < 4.78 is 6.47. The van der Waals surface area contributed by atoms with Gasteiger partial charge >= 0.3 is 5.69 Å². The van der Waals surface area contributed by atoms with Crippen molar-refractivity contribution in [2.75, 3.05) is 0 Å². The number of hydrogen-bond acceptors (Lipinski definition) is 5. The van der Waals surface area contributed by atoms with Gasteiger partial charge in [-0.2, -0.15) is 0 Å². The molecule has 1 fully saturated rings. The van der Waals surface area contributed by atoms with Gasteiger partial charge in [0.15, 0.2) is 6.23 Å². The Kier molecular flexibility index (Phi) is 2.69. The van der Waals surface area contributed by atoms with Crippen LogP contribution in [0.4, 0.5) is 0 Å². The molecule has 0 bridgehead atoms. The lowest BCUT2D eigenvalue weighted by molar-refractivity contribution is -0.0832. The molecule has 1 saturated heterocycles. The average Bonchev–Trinajstić information content (AvgIpc) is 2.42. The molecule has 0 radical (unpaired) electrons. The molecule has 1 aliphatic rings. The van der Waals surface area contributed by atoms with Crippen LogP contribution in [0.2, 0.25) is 0 Å². The fourth-order valence-corrected chi connectivity index (χ4v) is 1.87. The van der Waals surface area contributed by atoms with E-state index < -0.39 is 35.3 Å². The Morgan fingerprint density at radius 3 is 2.53 bits per heavy atom. The van der Waals surface area contributed by atoms with Gasteiger partial charge in [-0.05, 0) is 13.8 Å². The van der Waals surface area contributed by atoms with Gasteiger partial charge in [-0.3, -0.25) is 14.3 Å². The van der Waals surface area contributed by atoms with E-state index in [1.54, 1.807) is 13.8 Å². The highest BCUT2D eigenvalue weighted by molar-refractivity contribution is 4.97. The van der Waals surface area contributed by atoms with Gasteiger partial charge in [-0.1, -0.05) is 0 Å². The number of nitrogens with zero attached hydrogens (tertiary/aromatic N) is 1. The van der Waals surface area contributed by atoms with Crippen LogP contribution in [0.1, 0.15) is 20.1 Å². The Hall–Kier alpha value is -1.44. The SMILES string of the molecule is CC1(C)O[C@@H](n2ccc(=O)[nH]c2=O)[C@H](O)[C@@H]1O. The van der Waals surface area contributed by atoms with E-state index in [9.17, 15) is 19.8 Å². The van der Waals surface area contributed by atoms with Crippen molar-refractivity contribution in [3.05, 3.63) is 33.1 Å². The van der Waals surface area contributed by atoms with Crippen molar-refractivity contribution in [2.45, 2.75) is 37.9 Å². The predicted molar refractivity (Wildman–Crippen MR) is 57.5 cm³/mol. The highest BCUT2D eigenvalue weighted by atomic mass is 16.6. The molecule has 3 N–H and O–H groups in total. The average molecular weight is 242 g/mol. The maximum Gasteiger partial charge on any atom is 0.330 e. The van der Waals surface area contributed by atoms with E-state index in [-0.39, 0.29) is 0 Å². The lowest BCUT2D eigenvalue weighted by Crippen LogP contribution is -2.39. The Balaban J connectivity index is 2.43. The quantitative estimate of drug-likeness (QED) is 0.559. The van der Waals surface area contributed by atoms with Crippen molar-refractivity contribution in [1.82, 2.24) is 9.55 Å². The van der Waals surface area contributed by atoms with Gasteiger partial charge < -0.3 is 14.9 Å². The van der Waals surface area contributed by atoms with Crippen LogP contribution >= 0.6 is 0 Å². The summed E-state index contributed by atoms with van der Waals surface area (Å²) in [4.78, 5) is 24.5. The molecule has 2 heterocycles. The first-order valence-electron chi connectivity index (χ1n) is 5.18. The maximum absolute atomic E-state index is 11.5. The molecule has 0 aromatic carbocycles. The monoisotopic (exact) mass is 242 g/mol. The molecule has 7 nitrogen and oxygen atoms in total. The Morgan fingerprint density at radius 2 is 2.06 bits per heavy atom. The van der Waals surface area contributed by atoms with Crippen LogP contribution < -0.4 is 11.2 Å². The number of H-pyrrole nitrogens is 1. The van der Waals surface area contributed by atoms with Gasteiger partial charge in [0, 0.05) is 12.3 Å². The second-order valence-corrected chi connectivity index (χ2v) is 4.56. The highest BCUT2D eigenvalue weighted by Crippen LogP contribution is 2.35. The molecule has 0 aliphatic carbocycles. The summed E-state index contributed by atoms with van der Waals surface area (Å²) in [6.45, 7) is 3.22. The van der Waals surface area contributed by atoms with Gasteiger partial charge in [-0.15, -0.1) is 0 Å². The van der Waals surface area contributed by atoms with Crippen LogP contribution in [0.3, 0.4) is 0 Å².